The highest BCUT2D eigenvalue weighted by Crippen LogP contribution is 2.63. The van der Waals surface area contributed by atoms with E-state index < -0.39 is 18.0 Å². The molecule has 0 aromatic heterocycles. The Kier molecular flexibility index (Phi) is 5.08. The molecule has 37 heavy (non-hydrogen) atoms. The van der Waals surface area contributed by atoms with E-state index in [1.165, 1.54) is 11.1 Å². The smallest absolute Gasteiger partial charge is 0.243 e. The maximum Gasteiger partial charge on any atom is 0.243 e. The number of nitrogens with one attached hydrogen (secondary N) is 2. The predicted octanol–water partition coefficient (Wildman–Crippen LogP) is 1.04. The minimum absolute atomic E-state index is 0.0628. The first-order chi connectivity index (χ1) is 17.9. The zero-order valence-corrected chi connectivity index (χ0v) is 20.9. The highest BCUT2D eigenvalue weighted by atomic mass is 16.2. The summed E-state index contributed by atoms with van der Waals surface area (Å²) in [6, 6.07) is 6.91. The summed E-state index contributed by atoms with van der Waals surface area (Å²) in [4.78, 5) is 54.2. The first-order valence-corrected chi connectivity index (χ1v) is 13.8. The molecule has 2 heterocycles. The van der Waals surface area contributed by atoms with Gasteiger partial charge in [0.05, 0.1) is 0 Å². The lowest BCUT2D eigenvalue weighted by Crippen LogP contribution is -2.55. The Balaban J connectivity index is 1.14. The normalized spacial score (nSPS) is 39.0. The van der Waals surface area contributed by atoms with Gasteiger partial charge in [-0.25, -0.2) is 0 Å². The lowest BCUT2D eigenvalue weighted by Gasteiger charge is -2.31. The van der Waals surface area contributed by atoms with E-state index in [0.29, 0.717) is 25.4 Å². The molecule has 4 amide bonds. The molecule has 2 saturated carbocycles. The molecular weight excluding hydrogens is 468 g/mol. The molecule has 8 heteroatoms. The molecule has 4 aliphatic carbocycles. The van der Waals surface area contributed by atoms with E-state index in [-0.39, 0.29) is 59.1 Å². The first-order valence-electron chi connectivity index (χ1n) is 13.8. The van der Waals surface area contributed by atoms with Gasteiger partial charge in [-0.15, -0.1) is 0 Å². The lowest BCUT2D eigenvalue weighted by atomic mass is 9.81. The molecule has 2 bridgehead atoms. The van der Waals surface area contributed by atoms with Crippen molar-refractivity contribution < 1.29 is 19.2 Å². The first kappa shape index (κ1) is 23.0. The van der Waals surface area contributed by atoms with Gasteiger partial charge >= 0.3 is 0 Å². The summed E-state index contributed by atoms with van der Waals surface area (Å²) >= 11 is 0. The summed E-state index contributed by atoms with van der Waals surface area (Å²) < 4.78 is 0. The number of nitrogens with zero attached hydrogens (tertiary/aromatic N) is 1. The maximum absolute atomic E-state index is 14.1. The van der Waals surface area contributed by atoms with Crippen molar-refractivity contribution in [3.8, 4) is 0 Å². The molecule has 7 rings (SSSR count). The number of rotatable bonds is 6. The van der Waals surface area contributed by atoms with Gasteiger partial charge in [0.1, 0.15) is 12.1 Å². The second-order valence-corrected chi connectivity index (χ2v) is 12.2. The minimum Gasteiger partial charge on any atom is -0.368 e. The number of aryl methyl sites for hydroxylation is 1. The molecule has 2 saturated heterocycles. The molecule has 2 aliphatic heterocycles. The topological polar surface area (TPSA) is 122 Å². The number of nitrogens with two attached hydrogens (primary N) is 1. The van der Waals surface area contributed by atoms with Crippen molar-refractivity contribution in [2.24, 2.45) is 41.2 Å². The van der Waals surface area contributed by atoms with E-state index in [1.54, 1.807) is 0 Å². The van der Waals surface area contributed by atoms with Crippen molar-refractivity contribution in [2.45, 2.75) is 56.0 Å². The monoisotopic (exact) mass is 502 g/mol. The molecule has 1 aromatic carbocycles. The number of primary amides is 1. The number of hydrogen-bond acceptors (Lipinski definition) is 4. The van der Waals surface area contributed by atoms with Crippen LogP contribution in [0.25, 0.3) is 0 Å². The van der Waals surface area contributed by atoms with Gasteiger partial charge in [0, 0.05) is 30.3 Å². The average Bonchev–Trinajstić information content (AvgIpc) is 3.43. The van der Waals surface area contributed by atoms with E-state index >= 15 is 0 Å². The van der Waals surface area contributed by atoms with Crippen molar-refractivity contribution in [1.82, 2.24) is 15.5 Å². The predicted molar refractivity (Wildman–Crippen MR) is 135 cm³/mol. The van der Waals surface area contributed by atoms with Crippen molar-refractivity contribution in [3.05, 3.63) is 47.5 Å². The summed E-state index contributed by atoms with van der Waals surface area (Å²) in [5, 5.41) is 5.67. The molecular formula is C29H34N4O4. The Morgan fingerprint density at radius 1 is 1.19 bits per heavy atom. The lowest BCUT2D eigenvalue weighted by molar-refractivity contribution is -0.142. The molecule has 194 valence electrons. The number of carbonyl (C=O) groups excluding carboxylic acids is 4. The van der Waals surface area contributed by atoms with Crippen molar-refractivity contribution in [2.75, 3.05) is 13.1 Å². The third kappa shape index (κ3) is 3.40. The quantitative estimate of drug-likeness (QED) is 0.503. The van der Waals surface area contributed by atoms with Crippen molar-refractivity contribution in [3.63, 3.8) is 0 Å². The van der Waals surface area contributed by atoms with Crippen LogP contribution in [-0.2, 0) is 31.0 Å². The summed E-state index contributed by atoms with van der Waals surface area (Å²) in [6.45, 7) is 1.16. The van der Waals surface area contributed by atoms with E-state index in [1.807, 2.05) is 4.90 Å². The van der Waals surface area contributed by atoms with Crippen molar-refractivity contribution >= 4 is 23.6 Å². The van der Waals surface area contributed by atoms with Crippen LogP contribution in [0.4, 0.5) is 0 Å². The molecule has 8 nitrogen and oxygen atoms in total. The molecule has 4 fully saturated rings. The minimum atomic E-state index is -0.930. The number of amides is 4. The Labute approximate surface area is 216 Å². The summed E-state index contributed by atoms with van der Waals surface area (Å²) in [6.07, 6.45) is 9.13. The molecule has 0 radical (unpaired) electrons. The Bertz CT molecular complexity index is 1230. The average molecular weight is 503 g/mol. The number of hydrogen-bond donors (Lipinski definition) is 3. The standard InChI is InChI=1S/C29H34N4O4/c30-25(34)22(12-18-8-10-31-26(18)35)32-27(36)24-23-17-6-5-16(11-17)19(23)14-33(24)28(37)21-13-29(21)9-7-15-3-1-2-4-20(15)29/h1-6,16-19,21-24H,7-14H2,(H2,30,34)(H,31,35)(H,32,36)/t16-,17+,18+,19-,21+,22+,23+,24+,29+/m1/s1. The molecule has 6 aliphatic rings. The number of allylic oxidation sites excluding steroid dienone is 2. The Morgan fingerprint density at radius 2 is 2.00 bits per heavy atom. The fourth-order valence-corrected chi connectivity index (χ4v) is 8.56. The van der Waals surface area contributed by atoms with Gasteiger partial charge < -0.3 is 21.3 Å². The van der Waals surface area contributed by atoms with E-state index in [4.69, 9.17) is 5.73 Å². The van der Waals surface area contributed by atoms with E-state index in [0.717, 1.165) is 25.7 Å². The highest BCUT2D eigenvalue weighted by Gasteiger charge is 2.65. The number of carbonyl (C=O) groups is 4. The molecule has 9 atom stereocenters. The van der Waals surface area contributed by atoms with Crippen LogP contribution in [0.1, 0.15) is 43.2 Å². The van der Waals surface area contributed by atoms with Gasteiger partial charge in [0.25, 0.3) is 0 Å². The fraction of sp³-hybridized carbons (Fsp3) is 0.586. The van der Waals surface area contributed by atoms with E-state index in [9.17, 15) is 19.2 Å². The molecule has 0 unspecified atom stereocenters. The fourth-order valence-electron chi connectivity index (χ4n) is 8.56. The van der Waals surface area contributed by atoms with Crippen LogP contribution in [-0.4, -0.2) is 53.7 Å². The van der Waals surface area contributed by atoms with Gasteiger partial charge in [-0.1, -0.05) is 36.4 Å². The Hall–Kier alpha value is -3.16. The van der Waals surface area contributed by atoms with Gasteiger partial charge in [-0.05, 0) is 73.3 Å². The molecule has 1 aromatic rings. The third-order valence-corrected chi connectivity index (χ3v) is 10.5. The largest absolute Gasteiger partial charge is 0.368 e. The second kappa shape index (κ2) is 8.17. The summed E-state index contributed by atoms with van der Waals surface area (Å²) in [7, 11) is 0. The van der Waals surface area contributed by atoms with Crippen LogP contribution in [0, 0.1) is 35.5 Å². The molecule has 1 spiro atoms. The van der Waals surface area contributed by atoms with Crippen LogP contribution < -0.4 is 16.4 Å². The van der Waals surface area contributed by atoms with Crippen molar-refractivity contribution in [1.29, 1.82) is 0 Å². The zero-order chi connectivity index (χ0) is 25.5. The van der Waals surface area contributed by atoms with Crippen LogP contribution in [0.3, 0.4) is 0 Å². The van der Waals surface area contributed by atoms with E-state index in [2.05, 4.69) is 47.1 Å². The summed E-state index contributed by atoms with van der Waals surface area (Å²) in [5.41, 5.74) is 8.23. The zero-order valence-electron chi connectivity index (χ0n) is 20.9. The van der Waals surface area contributed by atoms with Gasteiger partial charge in [-0.2, -0.15) is 0 Å². The molecule has 4 N–H and O–H groups in total. The third-order valence-electron chi connectivity index (χ3n) is 10.5. The van der Waals surface area contributed by atoms with Gasteiger partial charge in [-0.3, -0.25) is 19.2 Å². The van der Waals surface area contributed by atoms with Gasteiger partial charge in [0.2, 0.25) is 23.6 Å². The van der Waals surface area contributed by atoms with Crippen LogP contribution in [0.5, 0.6) is 0 Å². The van der Waals surface area contributed by atoms with Crippen LogP contribution >= 0.6 is 0 Å². The Morgan fingerprint density at radius 3 is 2.78 bits per heavy atom. The second-order valence-electron chi connectivity index (χ2n) is 12.2. The van der Waals surface area contributed by atoms with Crippen LogP contribution in [0.15, 0.2) is 36.4 Å². The highest BCUT2D eigenvalue weighted by molar-refractivity contribution is 5.94. The SMILES string of the molecule is NC(=O)[C@H](C[C@@H]1CCNC1=O)NC(=O)[C@@H]1[C@@H]2[C@H](CN1C(=O)[C@@H]1C[C@]13CCc1ccccc13)[C@@H]1C=C[C@H]2C1. The summed E-state index contributed by atoms with van der Waals surface area (Å²) in [5.74, 6) is -0.391. The van der Waals surface area contributed by atoms with Gasteiger partial charge in [0.15, 0.2) is 0 Å². The maximum atomic E-state index is 14.1. The van der Waals surface area contributed by atoms with Crippen LogP contribution in [0.2, 0.25) is 0 Å². The number of likely N-dealkylation sites (tertiary alicyclic amines) is 1. The number of benzene rings is 1. The number of fused-ring (bicyclic) bond motifs is 7.